The summed E-state index contributed by atoms with van der Waals surface area (Å²) in [6, 6.07) is 0.806. The highest BCUT2D eigenvalue weighted by atomic mass is 19.4. The van der Waals surface area contributed by atoms with Crippen LogP contribution in [0.15, 0.2) is 12.1 Å². The van der Waals surface area contributed by atoms with Gasteiger partial charge in [-0.25, -0.2) is 8.78 Å². The summed E-state index contributed by atoms with van der Waals surface area (Å²) in [6.45, 7) is 0. The van der Waals surface area contributed by atoms with Crippen molar-refractivity contribution in [2.75, 3.05) is 7.11 Å². The number of methoxy groups -OCH3 is 1. The van der Waals surface area contributed by atoms with Crippen LogP contribution >= 0.6 is 0 Å². The molecule has 0 saturated carbocycles. The molecule has 0 aliphatic rings. The normalized spacial score (nSPS) is 13.7. The smallest absolute Gasteiger partial charge is 0.418 e. The maximum absolute atomic E-state index is 13.1. The number of rotatable bonds is 2. The summed E-state index contributed by atoms with van der Waals surface area (Å²) in [5, 5.41) is 8.87. The lowest BCUT2D eigenvalue weighted by atomic mass is 10.1. The summed E-state index contributed by atoms with van der Waals surface area (Å²) in [5.74, 6) is -3.29. The molecule has 0 aromatic heterocycles. The fraction of sp³-hybridized carbons (Fsp3) is 0.333. The Bertz CT molecular complexity index is 388. The average Bonchev–Trinajstić information content (AvgIpc) is 2.14. The highest BCUT2D eigenvalue weighted by Gasteiger charge is 2.42. The van der Waals surface area contributed by atoms with Gasteiger partial charge < -0.3 is 9.84 Å². The molecule has 1 rings (SSSR count). The van der Waals surface area contributed by atoms with Gasteiger partial charge in [0, 0.05) is 12.1 Å². The quantitative estimate of drug-likeness (QED) is 0.807. The largest absolute Gasteiger partial charge is 0.496 e. The minimum absolute atomic E-state index is 0.243. The second-order valence-electron chi connectivity index (χ2n) is 2.95. The Kier molecular flexibility index (Phi) is 3.37. The van der Waals surface area contributed by atoms with Crippen LogP contribution in [0.25, 0.3) is 0 Å². The van der Waals surface area contributed by atoms with Gasteiger partial charge in [0.15, 0.2) is 6.10 Å². The van der Waals surface area contributed by atoms with Crippen LogP contribution in [0.4, 0.5) is 22.0 Å². The van der Waals surface area contributed by atoms with Crippen molar-refractivity contribution in [3.05, 3.63) is 29.3 Å². The fourth-order valence-corrected chi connectivity index (χ4v) is 1.16. The molecule has 0 saturated heterocycles. The first-order chi connectivity index (χ1) is 7.27. The highest BCUT2D eigenvalue weighted by Crippen LogP contribution is 2.38. The Balaban J connectivity index is 3.32. The van der Waals surface area contributed by atoms with Gasteiger partial charge in [-0.2, -0.15) is 13.2 Å². The maximum Gasteiger partial charge on any atom is 0.418 e. The third-order valence-electron chi connectivity index (χ3n) is 1.86. The van der Waals surface area contributed by atoms with Crippen molar-refractivity contribution in [2.24, 2.45) is 0 Å². The molecule has 0 amide bonds. The standard InChI is InChI=1S/C9H7F5O2/c1-16-6-3-4(10)2-5(11)7(6)8(15)9(12,13)14/h2-3,8,15H,1H3/t8-/m1/s1. The molecule has 0 radical (unpaired) electrons. The lowest BCUT2D eigenvalue weighted by Crippen LogP contribution is -2.22. The van der Waals surface area contributed by atoms with Crippen LogP contribution in [0.1, 0.15) is 11.7 Å². The minimum atomic E-state index is -5.05. The molecule has 0 bridgehead atoms. The predicted molar refractivity (Wildman–Crippen MR) is 43.9 cm³/mol. The van der Waals surface area contributed by atoms with Crippen molar-refractivity contribution in [3.63, 3.8) is 0 Å². The molecule has 16 heavy (non-hydrogen) atoms. The zero-order chi connectivity index (χ0) is 12.5. The van der Waals surface area contributed by atoms with Gasteiger partial charge in [-0.05, 0) is 0 Å². The first kappa shape index (κ1) is 12.7. The zero-order valence-electron chi connectivity index (χ0n) is 7.98. The van der Waals surface area contributed by atoms with Gasteiger partial charge in [0.2, 0.25) is 0 Å². The van der Waals surface area contributed by atoms with Gasteiger partial charge in [-0.3, -0.25) is 0 Å². The average molecular weight is 242 g/mol. The summed E-state index contributed by atoms with van der Waals surface area (Å²) < 4.78 is 66.7. The Morgan fingerprint density at radius 3 is 2.25 bits per heavy atom. The van der Waals surface area contributed by atoms with Crippen LogP contribution in [0, 0.1) is 11.6 Å². The van der Waals surface area contributed by atoms with Gasteiger partial charge in [0.25, 0.3) is 0 Å². The first-order valence-electron chi connectivity index (χ1n) is 4.05. The second kappa shape index (κ2) is 4.25. The van der Waals surface area contributed by atoms with Crippen molar-refractivity contribution in [1.29, 1.82) is 0 Å². The van der Waals surface area contributed by atoms with E-state index >= 15 is 0 Å². The number of aliphatic hydroxyl groups excluding tert-OH is 1. The lowest BCUT2D eigenvalue weighted by Gasteiger charge is -2.18. The van der Waals surface area contributed by atoms with Crippen molar-refractivity contribution in [2.45, 2.75) is 12.3 Å². The molecule has 1 aromatic rings. The second-order valence-corrected chi connectivity index (χ2v) is 2.95. The van der Waals surface area contributed by atoms with Crippen LogP contribution in [0.3, 0.4) is 0 Å². The number of aliphatic hydroxyl groups is 1. The SMILES string of the molecule is COc1cc(F)cc(F)c1[C@@H](O)C(F)(F)F. The number of alkyl halides is 3. The Labute approximate surface area is 87.3 Å². The molecule has 0 heterocycles. The molecule has 2 nitrogen and oxygen atoms in total. The van der Waals surface area contributed by atoms with E-state index in [1.165, 1.54) is 0 Å². The van der Waals surface area contributed by atoms with Crippen molar-refractivity contribution >= 4 is 0 Å². The van der Waals surface area contributed by atoms with Gasteiger partial charge in [-0.1, -0.05) is 0 Å². The summed E-state index contributed by atoms with van der Waals surface area (Å²) in [6.07, 6.45) is -8.10. The molecule has 1 aromatic carbocycles. The van der Waals surface area contributed by atoms with Gasteiger partial charge in [0.05, 0.1) is 12.7 Å². The lowest BCUT2D eigenvalue weighted by molar-refractivity contribution is -0.208. The number of ether oxygens (including phenoxy) is 1. The maximum atomic E-state index is 13.1. The van der Waals surface area contributed by atoms with Crippen LogP contribution in [0.5, 0.6) is 5.75 Å². The predicted octanol–water partition coefficient (Wildman–Crippen LogP) is 2.57. The molecule has 0 aliphatic heterocycles. The van der Waals surface area contributed by atoms with Crippen molar-refractivity contribution < 1.29 is 31.8 Å². The first-order valence-corrected chi connectivity index (χ1v) is 4.05. The van der Waals surface area contributed by atoms with E-state index in [-0.39, 0.29) is 6.07 Å². The van der Waals surface area contributed by atoms with Crippen molar-refractivity contribution in [1.82, 2.24) is 0 Å². The number of halogens is 5. The Morgan fingerprint density at radius 1 is 1.25 bits per heavy atom. The molecule has 0 fully saturated rings. The van der Waals surface area contributed by atoms with Gasteiger partial charge in [0.1, 0.15) is 17.4 Å². The van der Waals surface area contributed by atoms with Crippen molar-refractivity contribution in [3.8, 4) is 5.75 Å². The molecular weight excluding hydrogens is 235 g/mol. The van der Waals surface area contributed by atoms with E-state index in [1.807, 2.05) is 0 Å². The zero-order valence-corrected chi connectivity index (χ0v) is 7.98. The van der Waals surface area contributed by atoms with Gasteiger partial charge >= 0.3 is 6.18 Å². The number of hydrogen-bond acceptors (Lipinski definition) is 2. The monoisotopic (exact) mass is 242 g/mol. The van der Waals surface area contributed by atoms with E-state index in [9.17, 15) is 22.0 Å². The van der Waals surface area contributed by atoms with Crippen LogP contribution < -0.4 is 4.74 Å². The molecule has 1 atom stereocenters. The Hall–Kier alpha value is -1.37. The molecule has 7 heteroatoms. The number of hydrogen-bond donors (Lipinski definition) is 1. The Morgan fingerprint density at radius 2 is 1.81 bits per heavy atom. The van der Waals surface area contributed by atoms with E-state index in [1.54, 1.807) is 0 Å². The summed E-state index contributed by atoms with van der Waals surface area (Å²) in [5.41, 5.74) is -1.13. The third kappa shape index (κ3) is 2.41. The number of benzene rings is 1. The summed E-state index contributed by atoms with van der Waals surface area (Å²) in [4.78, 5) is 0. The molecular formula is C9H7F5O2. The molecule has 0 unspecified atom stereocenters. The highest BCUT2D eigenvalue weighted by molar-refractivity contribution is 5.37. The summed E-state index contributed by atoms with van der Waals surface area (Å²) >= 11 is 0. The van der Waals surface area contributed by atoms with Gasteiger partial charge in [-0.15, -0.1) is 0 Å². The van der Waals surface area contributed by atoms with E-state index in [2.05, 4.69) is 4.74 Å². The minimum Gasteiger partial charge on any atom is -0.496 e. The van der Waals surface area contributed by atoms with E-state index in [0.717, 1.165) is 7.11 Å². The van der Waals surface area contributed by atoms with Crippen LogP contribution in [-0.4, -0.2) is 18.4 Å². The topological polar surface area (TPSA) is 29.5 Å². The molecule has 90 valence electrons. The van der Waals surface area contributed by atoms with E-state index in [4.69, 9.17) is 5.11 Å². The van der Waals surface area contributed by atoms with E-state index in [0.29, 0.717) is 6.07 Å². The fourth-order valence-electron chi connectivity index (χ4n) is 1.16. The molecule has 1 N–H and O–H groups in total. The van der Waals surface area contributed by atoms with Crippen LogP contribution in [0.2, 0.25) is 0 Å². The molecule has 0 spiro atoms. The molecule has 0 aliphatic carbocycles. The van der Waals surface area contributed by atoms with E-state index < -0.39 is 35.2 Å². The third-order valence-corrected chi connectivity index (χ3v) is 1.86. The summed E-state index contributed by atoms with van der Waals surface area (Å²) in [7, 11) is 0.945. The van der Waals surface area contributed by atoms with Crippen LogP contribution in [-0.2, 0) is 0 Å².